The number of thiol groups is 1. The van der Waals surface area contributed by atoms with E-state index in [1.54, 1.807) is 24.3 Å². The van der Waals surface area contributed by atoms with E-state index in [0.717, 1.165) is 5.56 Å². The molecule has 242 valence electrons. The summed E-state index contributed by atoms with van der Waals surface area (Å²) >= 11 is 3.70. The molecular weight excluding hydrogens is 602 g/mol. The van der Waals surface area contributed by atoms with Crippen LogP contribution >= 0.6 is 12.6 Å². The van der Waals surface area contributed by atoms with E-state index in [-0.39, 0.29) is 19.4 Å². The molecule has 5 amide bonds. The van der Waals surface area contributed by atoms with E-state index in [1.165, 1.54) is 38.2 Å². The van der Waals surface area contributed by atoms with Gasteiger partial charge in [-0.05, 0) is 38.7 Å². The number of hydrogen-bond donors (Lipinski definition) is 6. The molecule has 15 heteroatoms. The average molecular weight is 642 g/mol. The number of aromatic nitrogens is 2. The van der Waals surface area contributed by atoms with E-state index in [0.29, 0.717) is 18.5 Å². The molecule has 2 heterocycles. The van der Waals surface area contributed by atoms with Gasteiger partial charge in [0.2, 0.25) is 29.5 Å². The van der Waals surface area contributed by atoms with E-state index in [4.69, 9.17) is 0 Å². The van der Waals surface area contributed by atoms with Gasteiger partial charge in [-0.15, -0.1) is 12.6 Å². The highest BCUT2D eigenvalue weighted by atomic mass is 32.1. The van der Waals surface area contributed by atoms with Crippen molar-refractivity contribution in [2.75, 3.05) is 6.54 Å². The Labute approximate surface area is 266 Å². The van der Waals surface area contributed by atoms with Crippen LogP contribution in [0.25, 0.3) is 0 Å². The second-order valence-corrected chi connectivity index (χ2v) is 11.5. The zero-order chi connectivity index (χ0) is 33.1. The highest BCUT2D eigenvalue weighted by molar-refractivity contribution is 7.96. The highest BCUT2D eigenvalue weighted by Crippen LogP contribution is 2.19. The Morgan fingerprint density at radius 1 is 0.933 bits per heavy atom. The van der Waals surface area contributed by atoms with Crippen molar-refractivity contribution in [3.8, 4) is 0 Å². The van der Waals surface area contributed by atoms with E-state index in [9.17, 15) is 33.6 Å². The van der Waals surface area contributed by atoms with Crippen molar-refractivity contribution in [2.24, 2.45) is 0 Å². The predicted molar refractivity (Wildman–Crippen MR) is 166 cm³/mol. The molecule has 14 nitrogen and oxygen atoms in total. The zero-order valence-corrected chi connectivity index (χ0v) is 26.3. The maximum absolute atomic E-state index is 13.4. The fraction of sp³-hybridized carbons (Fsp3) is 0.467. The Kier molecular flexibility index (Phi) is 12.8. The maximum atomic E-state index is 13.4. The van der Waals surface area contributed by atoms with Crippen LogP contribution in [0.5, 0.6) is 0 Å². The molecule has 3 rings (SSSR count). The summed E-state index contributed by atoms with van der Waals surface area (Å²) in [6, 6.07) is 4.07. The van der Waals surface area contributed by atoms with Crippen molar-refractivity contribution in [1.29, 1.82) is 0 Å². The number of carbonyl (C=O) groups excluding carboxylic acids is 7. The largest absolute Gasteiger partial charge is 0.348 e. The van der Waals surface area contributed by atoms with Gasteiger partial charge in [-0.2, -0.15) is 0 Å². The second-order valence-electron chi connectivity index (χ2n) is 11.0. The van der Waals surface area contributed by atoms with Gasteiger partial charge in [0.05, 0.1) is 18.8 Å². The van der Waals surface area contributed by atoms with Crippen LogP contribution in [-0.2, 0) is 46.4 Å². The lowest BCUT2D eigenvalue weighted by atomic mass is 10.00. The molecule has 1 aliphatic heterocycles. The molecule has 0 aliphatic carbocycles. The molecule has 2 aromatic rings. The fourth-order valence-electron chi connectivity index (χ4n) is 5.04. The van der Waals surface area contributed by atoms with E-state index in [2.05, 4.69) is 43.9 Å². The first-order valence-corrected chi connectivity index (χ1v) is 15.0. The van der Waals surface area contributed by atoms with Crippen LogP contribution in [0.15, 0.2) is 42.9 Å². The number of imidazole rings is 1. The van der Waals surface area contributed by atoms with Crippen molar-refractivity contribution >= 4 is 53.1 Å². The van der Waals surface area contributed by atoms with Crippen LogP contribution in [0, 0.1) is 0 Å². The van der Waals surface area contributed by atoms with Gasteiger partial charge in [-0.3, -0.25) is 33.6 Å². The number of amides is 5. The van der Waals surface area contributed by atoms with Gasteiger partial charge in [-0.25, -0.2) is 4.98 Å². The molecule has 1 aromatic carbocycles. The van der Waals surface area contributed by atoms with Gasteiger partial charge in [0.15, 0.2) is 10.9 Å². The van der Waals surface area contributed by atoms with E-state index in [1.807, 2.05) is 6.07 Å². The molecule has 0 spiro atoms. The number of benzene rings is 1. The Hall–Kier alpha value is -4.53. The summed E-state index contributed by atoms with van der Waals surface area (Å²) in [5.74, 6) is -3.21. The number of carbonyl (C=O) groups is 7. The van der Waals surface area contributed by atoms with Gasteiger partial charge in [-0.1, -0.05) is 30.3 Å². The summed E-state index contributed by atoms with van der Waals surface area (Å²) in [5.41, 5.74) is 1.39. The SMILES string of the molecule is CC(=O)N[C@@H](Cc1cnc[nH]1)C(=O)N[C@@H](C)C(=O)N[C@@H](C)C(=O)N1CCC[C@H]1C(=O)N[C@@H](Cc1ccccc1)C(=O)CC(=O)S. The lowest BCUT2D eigenvalue weighted by molar-refractivity contribution is -0.142. The molecule has 5 N–H and O–H groups in total. The third-order valence-electron chi connectivity index (χ3n) is 7.31. The monoisotopic (exact) mass is 641 g/mol. The lowest BCUT2D eigenvalue weighted by Crippen LogP contribution is -2.57. The first-order valence-electron chi connectivity index (χ1n) is 14.6. The van der Waals surface area contributed by atoms with Crippen LogP contribution in [0.1, 0.15) is 51.3 Å². The Morgan fingerprint density at radius 3 is 2.24 bits per heavy atom. The van der Waals surface area contributed by atoms with Crippen LogP contribution in [-0.4, -0.2) is 92.1 Å². The predicted octanol–water partition coefficient (Wildman–Crippen LogP) is -0.400. The summed E-state index contributed by atoms with van der Waals surface area (Å²) < 4.78 is 0. The van der Waals surface area contributed by atoms with Crippen LogP contribution < -0.4 is 21.3 Å². The molecule has 1 saturated heterocycles. The molecule has 5 atom stereocenters. The third-order valence-corrected chi connectivity index (χ3v) is 7.46. The normalized spacial score (nSPS) is 16.9. The van der Waals surface area contributed by atoms with E-state index >= 15 is 0 Å². The first-order chi connectivity index (χ1) is 21.3. The molecular formula is C30H39N7O7S. The number of ketones is 1. The number of nitrogens with zero attached hydrogens (tertiary/aromatic N) is 2. The Balaban J connectivity index is 1.60. The first kappa shape index (κ1) is 35.0. The molecule has 0 radical (unpaired) electrons. The van der Waals surface area contributed by atoms with Gasteiger partial charge in [0, 0.05) is 31.8 Å². The topological polar surface area (TPSA) is 200 Å². The van der Waals surface area contributed by atoms with Crippen LogP contribution in [0.3, 0.4) is 0 Å². The van der Waals surface area contributed by atoms with Crippen LogP contribution in [0.4, 0.5) is 0 Å². The molecule has 1 aromatic heterocycles. The van der Waals surface area contributed by atoms with Gasteiger partial charge < -0.3 is 31.2 Å². The smallest absolute Gasteiger partial charge is 0.245 e. The molecule has 1 aliphatic rings. The number of Topliss-reactive ketones (excluding diaryl/α,β-unsaturated/α-hetero) is 1. The van der Waals surface area contributed by atoms with E-state index < -0.39 is 77.1 Å². The van der Waals surface area contributed by atoms with Crippen LogP contribution in [0.2, 0.25) is 0 Å². The summed E-state index contributed by atoms with van der Waals surface area (Å²) in [6.07, 6.45) is 3.66. The summed E-state index contributed by atoms with van der Waals surface area (Å²) in [4.78, 5) is 96.6. The summed E-state index contributed by atoms with van der Waals surface area (Å²) in [5, 5.41) is 9.77. The minimum atomic E-state index is -1.05. The third kappa shape index (κ3) is 10.6. The Morgan fingerprint density at radius 2 is 1.62 bits per heavy atom. The minimum absolute atomic E-state index is 0.121. The maximum Gasteiger partial charge on any atom is 0.245 e. The quantitative estimate of drug-likeness (QED) is 0.111. The molecule has 1 fully saturated rings. The number of H-pyrrole nitrogens is 1. The Bertz CT molecular complexity index is 1390. The molecule has 0 saturated carbocycles. The summed E-state index contributed by atoms with van der Waals surface area (Å²) in [7, 11) is 0. The molecule has 0 unspecified atom stereocenters. The molecule has 0 bridgehead atoms. The standard InChI is InChI=1S/C30H39N7O7S/c1-17(33-28(42)23(35-19(3)38)13-21-15-31-16-32-21)27(41)34-18(2)30(44)37-11-7-10-24(37)29(43)36-22(25(39)14-26(40)45)12-20-8-5-4-6-9-20/h4-6,8-9,15-18,22-24H,7,10-14H2,1-3H3,(H,31,32)(H,33,42)(H,34,41)(H,35,38)(H,36,43)(H,40,45)/t17-,18-,22-,23-,24-/m0/s1. The second kappa shape index (κ2) is 16.5. The zero-order valence-electron chi connectivity index (χ0n) is 25.4. The van der Waals surface area contributed by atoms with Crippen molar-refractivity contribution in [3.05, 3.63) is 54.1 Å². The highest BCUT2D eigenvalue weighted by Gasteiger charge is 2.38. The number of aromatic amines is 1. The number of likely N-dealkylation sites (tertiary alicyclic amines) is 1. The van der Waals surface area contributed by atoms with Gasteiger partial charge in [0.25, 0.3) is 0 Å². The number of rotatable bonds is 15. The number of nitrogens with one attached hydrogen (secondary N) is 5. The van der Waals surface area contributed by atoms with Crippen molar-refractivity contribution in [1.82, 2.24) is 36.1 Å². The summed E-state index contributed by atoms with van der Waals surface area (Å²) in [6.45, 7) is 4.45. The van der Waals surface area contributed by atoms with Crippen molar-refractivity contribution < 1.29 is 33.6 Å². The average Bonchev–Trinajstić information content (AvgIpc) is 3.68. The number of hydrogen-bond acceptors (Lipinski definition) is 8. The minimum Gasteiger partial charge on any atom is -0.348 e. The van der Waals surface area contributed by atoms with Gasteiger partial charge in [0.1, 0.15) is 24.2 Å². The lowest BCUT2D eigenvalue weighted by Gasteiger charge is -2.29. The van der Waals surface area contributed by atoms with Crippen molar-refractivity contribution in [3.63, 3.8) is 0 Å². The molecule has 45 heavy (non-hydrogen) atoms. The fourth-order valence-corrected chi connectivity index (χ4v) is 5.19. The van der Waals surface area contributed by atoms with Crippen molar-refractivity contribution in [2.45, 2.75) is 83.1 Å². The van der Waals surface area contributed by atoms with Gasteiger partial charge >= 0.3 is 0 Å².